The summed E-state index contributed by atoms with van der Waals surface area (Å²) >= 11 is 3.37. The van der Waals surface area contributed by atoms with E-state index in [4.69, 9.17) is 5.84 Å². The second-order valence-electron chi connectivity index (χ2n) is 4.21. The van der Waals surface area contributed by atoms with Gasteiger partial charge in [-0.3, -0.25) is 10.2 Å². The van der Waals surface area contributed by atoms with Gasteiger partial charge in [0, 0.05) is 4.47 Å². The van der Waals surface area contributed by atoms with E-state index in [1.807, 2.05) is 36.4 Å². The highest BCUT2D eigenvalue weighted by Crippen LogP contribution is 2.17. The minimum atomic E-state index is -0.161. The maximum atomic E-state index is 12.6. The monoisotopic (exact) mass is 330 g/mol. The van der Waals surface area contributed by atoms with Gasteiger partial charge < -0.3 is 0 Å². The summed E-state index contributed by atoms with van der Waals surface area (Å²) in [4.78, 5) is 17.0. The molecule has 6 heteroatoms. The Hall–Kier alpha value is -2.18. The van der Waals surface area contributed by atoms with Gasteiger partial charge in [-0.2, -0.15) is 0 Å². The Morgan fingerprint density at radius 1 is 1.10 bits per heavy atom. The molecule has 3 N–H and O–H groups in total. The Labute approximate surface area is 123 Å². The van der Waals surface area contributed by atoms with Gasteiger partial charge in [0.25, 0.3) is 5.56 Å². The summed E-state index contributed by atoms with van der Waals surface area (Å²) in [5, 5.41) is 0.550. The molecule has 0 amide bonds. The van der Waals surface area contributed by atoms with Gasteiger partial charge in [-0.1, -0.05) is 28.1 Å². The van der Waals surface area contributed by atoms with Crippen molar-refractivity contribution in [1.29, 1.82) is 0 Å². The Balaban J connectivity index is 2.36. The van der Waals surface area contributed by atoms with Crippen LogP contribution < -0.4 is 16.8 Å². The Bertz CT molecular complexity index is 827. The molecule has 0 atom stereocenters. The van der Waals surface area contributed by atoms with Crippen LogP contribution in [0.5, 0.6) is 0 Å². The molecule has 0 aliphatic rings. The fourth-order valence-electron chi connectivity index (χ4n) is 2.06. The number of aromatic nitrogens is 2. The summed E-state index contributed by atoms with van der Waals surface area (Å²) in [5.74, 6) is 5.80. The van der Waals surface area contributed by atoms with Crippen molar-refractivity contribution in [2.24, 2.45) is 5.84 Å². The van der Waals surface area contributed by atoms with Gasteiger partial charge in [0.2, 0.25) is 5.95 Å². The number of nitrogen functional groups attached to an aromatic ring is 1. The van der Waals surface area contributed by atoms with Gasteiger partial charge in [-0.25, -0.2) is 15.4 Å². The fourth-order valence-corrected chi connectivity index (χ4v) is 2.32. The number of nitrogens with zero attached hydrogens (tertiary/aromatic N) is 2. The zero-order valence-corrected chi connectivity index (χ0v) is 12.0. The Morgan fingerprint density at radius 3 is 2.50 bits per heavy atom. The molecule has 0 bridgehead atoms. The number of anilines is 1. The summed E-state index contributed by atoms with van der Waals surface area (Å²) in [6.07, 6.45) is 0. The van der Waals surface area contributed by atoms with Crippen molar-refractivity contribution in [3.8, 4) is 5.69 Å². The number of halogens is 1. The summed E-state index contributed by atoms with van der Waals surface area (Å²) in [5.41, 5.74) is 3.63. The van der Waals surface area contributed by atoms with Crippen molar-refractivity contribution in [3.63, 3.8) is 0 Å². The molecule has 1 aromatic heterocycles. The first-order valence-electron chi connectivity index (χ1n) is 5.95. The third kappa shape index (κ3) is 2.09. The lowest BCUT2D eigenvalue weighted by molar-refractivity contribution is 0.955. The largest absolute Gasteiger partial charge is 0.293 e. The van der Waals surface area contributed by atoms with Crippen LogP contribution in [-0.2, 0) is 0 Å². The van der Waals surface area contributed by atoms with Crippen LogP contribution in [0.4, 0.5) is 5.95 Å². The number of nitrogens with two attached hydrogens (primary N) is 1. The van der Waals surface area contributed by atoms with Crippen molar-refractivity contribution >= 4 is 32.8 Å². The van der Waals surface area contributed by atoms with E-state index in [-0.39, 0.29) is 5.56 Å². The summed E-state index contributed by atoms with van der Waals surface area (Å²) in [7, 11) is 0. The molecule has 0 fully saturated rings. The third-order valence-electron chi connectivity index (χ3n) is 2.99. The molecule has 0 spiro atoms. The van der Waals surface area contributed by atoms with E-state index in [0.717, 1.165) is 4.47 Å². The van der Waals surface area contributed by atoms with Crippen LogP contribution in [0.2, 0.25) is 0 Å². The van der Waals surface area contributed by atoms with E-state index >= 15 is 0 Å². The number of hydrogen-bond donors (Lipinski definition) is 2. The predicted octanol–water partition coefficient (Wildman–Crippen LogP) is 2.43. The molecule has 100 valence electrons. The molecule has 0 saturated carbocycles. The van der Waals surface area contributed by atoms with Crippen LogP contribution in [0, 0.1) is 0 Å². The van der Waals surface area contributed by atoms with Crippen LogP contribution in [0.25, 0.3) is 16.6 Å². The molecule has 2 aromatic carbocycles. The lowest BCUT2D eigenvalue weighted by Gasteiger charge is -2.12. The first kappa shape index (κ1) is 12.8. The van der Waals surface area contributed by atoms with E-state index < -0.39 is 0 Å². The minimum absolute atomic E-state index is 0.161. The van der Waals surface area contributed by atoms with Crippen LogP contribution in [0.1, 0.15) is 0 Å². The lowest BCUT2D eigenvalue weighted by Crippen LogP contribution is -2.25. The predicted molar refractivity (Wildman–Crippen MR) is 82.9 cm³/mol. The maximum absolute atomic E-state index is 12.6. The van der Waals surface area contributed by atoms with Crippen molar-refractivity contribution in [3.05, 3.63) is 63.4 Å². The van der Waals surface area contributed by atoms with Crippen molar-refractivity contribution in [1.82, 2.24) is 9.55 Å². The topological polar surface area (TPSA) is 72.9 Å². The number of para-hydroxylation sites is 1. The quantitative estimate of drug-likeness (QED) is 0.559. The first-order chi connectivity index (χ1) is 9.70. The van der Waals surface area contributed by atoms with Crippen LogP contribution in [0.15, 0.2) is 57.8 Å². The molecule has 0 saturated heterocycles. The van der Waals surface area contributed by atoms with Gasteiger partial charge >= 0.3 is 0 Å². The average Bonchev–Trinajstić information content (AvgIpc) is 2.48. The highest BCUT2D eigenvalue weighted by Gasteiger charge is 2.11. The van der Waals surface area contributed by atoms with E-state index in [0.29, 0.717) is 22.5 Å². The highest BCUT2D eigenvalue weighted by molar-refractivity contribution is 9.10. The lowest BCUT2D eigenvalue weighted by atomic mass is 10.2. The van der Waals surface area contributed by atoms with Crippen molar-refractivity contribution in [2.75, 3.05) is 5.43 Å². The number of rotatable bonds is 2. The number of benzene rings is 2. The summed E-state index contributed by atoms with van der Waals surface area (Å²) < 4.78 is 2.39. The number of hydrogen-bond acceptors (Lipinski definition) is 4. The van der Waals surface area contributed by atoms with Crippen LogP contribution >= 0.6 is 15.9 Å². The highest BCUT2D eigenvalue weighted by atomic mass is 79.9. The molecule has 0 unspecified atom stereocenters. The van der Waals surface area contributed by atoms with Gasteiger partial charge in [-0.05, 0) is 36.4 Å². The number of nitrogens with one attached hydrogen (secondary N) is 1. The smallest absolute Gasteiger partial charge is 0.267 e. The van der Waals surface area contributed by atoms with E-state index in [9.17, 15) is 4.79 Å². The third-order valence-corrected chi connectivity index (χ3v) is 3.52. The average molecular weight is 331 g/mol. The number of hydrazine groups is 1. The SMILES string of the molecule is NNc1nc2ccccc2c(=O)n1-c1ccc(Br)cc1. The molecule has 5 nitrogen and oxygen atoms in total. The molecular formula is C14H11BrN4O. The second kappa shape index (κ2) is 5.07. The molecule has 1 heterocycles. The normalized spacial score (nSPS) is 10.7. The summed E-state index contributed by atoms with van der Waals surface area (Å²) in [6, 6.07) is 14.5. The van der Waals surface area contributed by atoms with Gasteiger partial charge in [0.1, 0.15) is 0 Å². The van der Waals surface area contributed by atoms with Crippen LogP contribution in [-0.4, -0.2) is 9.55 Å². The van der Waals surface area contributed by atoms with Crippen LogP contribution in [0.3, 0.4) is 0 Å². The van der Waals surface area contributed by atoms with E-state index in [1.54, 1.807) is 12.1 Å². The molecule has 0 aliphatic heterocycles. The van der Waals surface area contributed by atoms with E-state index in [2.05, 4.69) is 26.3 Å². The maximum Gasteiger partial charge on any atom is 0.267 e. The first-order valence-corrected chi connectivity index (χ1v) is 6.74. The second-order valence-corrected chi connectivity index (χ2v) is 5.13. The molecule has 20 heavy (non-hydrogen) atoms. The Morgan fingerprint density at radius 2 is 1.80 bits per heavy atom. The zero-order valence-electron chi connectivity index (χ0n) is 10.4. The van der Waals surface area contributed by atoms with E-state index in [1.165, 1.54) is 4.57 Å². The molecule has 3 aromatic rings. The van der Waals surface area contributed by atoms with Gasteiger partial charge in [0.15, 0.2) is 0 Å². The number of fused-ring (bicyclic) bond motifs is 1. The van der Waals surface area contributed by atoms with Crippen molar-refractivity contribution < 1.29 is 0 Å². The fraction of sp³-hybridized carbons (Fsp3) is 0. The molecule has 3 rings (SSSR count). The summed E-state index contributed by atoms with van der Waals surface area (Å²) in [6.45, 7) is 0. The molecule has 0 aliphatic carbocycles. The van der Waals surface area contributed by atoms with Gasteiger partial charge in [0.05, 0.1) is 16.6 Å². The molecular weight excluding hydrogens is 320 g/mol. The molecule has 0 radical (unpaired) electrons. The standard InChI is InChI=1S/C14H11BrN4O/c15-9-5-7-10(8-6-9)19-13(20)11-3-1-2-4-12(11)17-14(19)18-16/h1-8H,16H2,(H,17,18). The van der Waals surface area contributed by atoms with Crippen molar-refractivity contribution in [2.45, 2.75) is 0 Å². The van der Waals surface area contributed by atoms with Gasteiger partial charge in [-0.15, -0.1) is 0 Å². The zero-order chi connectivity index (χ0) is 14.1. The minimum Gasteiger partial charge on any atom is -0.293 e. The Kier molecular flexibility index (Phi) is 3.25.